The van der Waals surface area contributed by atoms with Crippen LogP contribution in [-0.2, 0) is 11.2 Å². The van der Waals surface area contributed by atoms with Gasteiger partial charge >= 0.3 is 0 Å². The smallest absolute Gasteiger partial charge is 0.227 e. The van der Waals surface area contributed by atoms with Crippen molar-refractivity contribution in [2.75, 3.05) is 37.5 Å². The number of halogens is 3. The second-order valence-electron chi connectivity index (χ2n) is 7.91. The lowest BCUT2D eigenvalue weighted by Gasteiger charge is -2.41. The first kappa shape index (κ1) is 25.2. The molecule has 2 heterocycles. The van der Waals surface area contributed by atoms with E-state index in [1.54, 1.807) is 12.0 Å². The number of hydrogen-bond donors (Lipinski definition) is 1. The molecule has 0 saturated carbocycles. The van der Waals surface area contributed by atoms with Crippen LogP contribution >= 0.6 is 24.8 Å². The van der Waals surface area contributed by atoms with E-state index >= 15 is 0 Å². The van der Waals surface area contributed by atoms with Crippen LogP contribution in [0.2, 0.25) is 0 Å². The summed E-state index contributed by atoms with van der Waals surface area (Å²) in [6, 6.07) is 11.2. The first-order chi connectivity index (χ1) is 14.0. The quantitative estimate of drug-likeness (QED) is 0.714. The Labute approximate surface area is 195 Å². The monoisotopic (exact) mass is 469 g/mol. The van der Waals surface area contributed by atoms with E-state index in [9.17, 15) is 9.18 Å². The average molecular weight is 470 g/mol. The van der Waals surface area contributed by atoms with Gasteiger partial charge in [-0.1, -0.05) is 12.1 Å². The van der Waals surface area contributed by atoms with Crippen LogP contribution in [-0.4, -0.2) is 39.7 Å². The summed E-state index contributed by atoms with van der Waals surface area (Å²) in [4.78, 5) is 16.2. The molecule has 5 nitrogen and oxygen atoms in total. The Morgan fingerprint density at radius 1 is 1.16 bits per heavy atom. The highest BCUT2D eigenvalue weighted by atomic mass is 35.5. The molecule has 1 saturated heterocycles. The summed E-state index contributed by atoms with van der Waals surface area (Å²) in [5, 5.41) is 3.60. The largest absolute Gasteiger partial charge is 0.495 e. The van der Waals surface area contributed by atoms with E-state index in [0.717, 1.165) is 54.1 Å². The lowest BCUT2D eigenvalue weighted by Crippen LogP contribution is -2.47. The van der Waals surface area contributed by atoms with Crippen LogP contribution in [0.1, 0.15) is 36.4 Å². The lowest BCUT2D eigenvalue weighted by molar-refractivity contribution is -0.118. The van der Waals surface area contributed by atoms with Gasteiger partial charge in [-0.05, 0) is 61.2 Å². The number of nitrogens with zero attached hydrogens (tertiary/aromatic N) is 2. The van der Waals surface area contributed by atoms with Gasteiger partial charge in [0.05, 0.1) is 18.8 Å². The summed E-state index contributed by atoms with van der Waals surface area (Å²) in [5.74, 6) is 0.732. The number of benzene rings is 2. The van der Waals surface area contributed by atoms with Gasteiger partial charge in [-0.25, -0.2) is 4.39 Å². The molecule has 0 aromatic heterocycles. The van der Waals surface area contributed by atoms with E-state index in [1.165, 1.54) is 12.1 Å². The molecule has 0 aliphatic carbocycles. The van der Waals surface area contributed by atoms with Crippen LogP contribution in [0, 0.1) is 5.82 Å². The number of carbonyl (C=O) groups excluding carboxylic acids is 1. The van der Waals surface area contributed by atoms with Crippen molar-refractivity contribution in [3.05, 3.63) is 53.3 Å². The number of fused-ring (bicyclic) bond motifs is 1. The molecule has 0 radical (unpaired) electrons. The number of piperidine rings is 1. The van der Waals surface area contributed by atoms with Crippen LogP contribution in [0.3, 0.4) is 0 Å². The molecule has 1 fully saturated rings. The number of hydrogen-bond acceptors (Lipinski definition) is 4. The highest BCUT2D eigenvalue weighted by Crippen LogP contribution is 2.41. The number of methoxy groups -OCH3 is 1. The average Bonchev–Trinajstić information content (AvgIpc) is 2.75. The number of aryl methyl sites for hydroxylation is 1. The topological polar surface area (TPSA) is 44.8 Å². The Balaban J connectivity index is 0.00000171. The third kappa shape index (κ3) is 4.92. The third-order valence-corrected chi connectivity index (χ3v) is 6.26. The minimum atomic E-state index is -0.224. The van der Waals surface area contributed by atoms with Gasteiger partial charge in [-0.15, -0.1) is 24.8 Å². The number of ether oxygens (including phenoxy) is 1. The summed E-state index contributed by atoms with van der Waals surface area (Å²) in [7, 11) is 5.59. The van der Waals surface area contributed by atoms with Gasteiger partial charge in [0.1, 0.15) is 11.6 Å². The summed E-state index contributed by atoms with van der Waals surface area (Å²) in [5.41, 5.74) is 4.13. The van der Waals surface area contributed by atoms with E-state index in [0.29, 0.717) is 6.42 Å². The Hall–Kier alpha value is -2.02. The van der Waals surface area contributed by atoms with E-state index < -0.39 is 0 Å². The molecular weight excluding hydrogens is 440 g/mol. The minimum absolute atomic E-state index is 0. The van der Waals surface area contributed by atoms with Crippen LogP contribution in [0.5, 0.6) is 5.75 Å². The molecular formula is C23H30Cl2FN3O2. The normalized spacial score (nSPS) is 20.3. The van der Waals surface area contributed by atoms with Crippen LogP contribution in [0.25, 0.3) is 0 Å². The molecule has 0 unspecified atom stereocenters. The molecule has 2 aliphatic heterocycles. The fourth-order valence-corrected chi connectivity index (χ4v) is 4.57. The maximum atomic E-state index is 13.4. The maximum absolute atomic E-state index is 13.4. The number of rotatable bonds is 4. The van der Waals surface area contributed by atoms with E-state index in [4.69, 9.17) is 4.74 Å². The summed E-state index contributed by atoms with van der Waals surface area (Å²) >= 11 is 0. The van der Waals surface area contributed by atoms with Crippen molar-refractivity contribution >= 4 is 42.1 Å². The number of anilines is 2. The fraction of sp³-hybridized carbons (Fsp3) is 0.435. The first-order valence-electron chi connectivity index (χ1n) is 10.2. The Morgan fingerprint density at radius 2 is 1.87 bits per heavy atom. The zero-order chi connectivity index (χ0) is 20.5. The van der Waals surface area contributed by atoms with E-state index in [-0.39, 0.29) is 48.6 Å². The van der Waals surface area contributed by atoms with Crippen LogP contribution in [0.15, 0.2) is 36.4 Å². The van der Waals surface area contributed by atoms with Crippen molar-refractivity contribution < 1.29 is 13.9 Å². The van der Waals surface area contributed by atoms with Crippen molar-refractivity contribution in [1.29, 1.82) is 0 Å². The van der Waals surface area contributed by atoms with Gasteiger partial charge in [-0.3, -0.25) is 4.79 Å². The lowest BCUT2D eigenvalue weighted by atomic mass is 9.90. The molecule has 170 valence electrons. The molecule has 2 aromatic rings. The molecule has 8 heteroatoms. The van der Waals surface area contributed by atoms with Gasteiger partial charge in [0, 0.05) is 32.2 Å². The summed E-state index contributed by atoms with van der Waals surface area (Å²) in [6.45, 7) is 0.935. The fourth-order valence-electron chi connectivity index (χ4n) is 4.57. The molecule has 1 N–H and O–H groups in total. The number of likely N-dealkylation sites (N-methyl/N-ethyl adjacent to an activating group) is 1. The van der Waals surface area contributed by atoms with E-state index in [2.05, 4.69) is 29.4 Å². The number of carbonyl (C=O) groups is 1. The first-order valence-corrected chi connectivity index (χ1v) is 10.2. The molecule has 31 heavy (non-hydrogen) atoms. The van der Waals surface area contributed by atoms with Crippen molar-refractivity contribution in [3.8, 4) is 5.75 Å². The van der Waals surface area contributed by atoms with Gasteiger partial charge in [0.15, 0.2) is 0 Å². The highest BCUT2D eigenvalue weighted by Gasteiger charge is 2.32. The number of amides is 1. The maximum Gasteiger partial charge on any atom is 0.227 e. The van der Waals surface area contributed by atoms with Gasteiger partial charge in [0.25, 0.3) is 0 Å². The predicted molar refractivity (Wildman–Crippen MR) is 128 cm³/mol. The van der Waals surface area contributed by atoms with Crippen molar-refractivity contribution in [3.63, 3.8) is 0 Å². The van der Waals surface area contributed by atoms with Gasteiger partial charge < -0.3 is 19.9 Å². The molecule has 1 amide bonds. The van der Waals surface area contributed by atoms with Crippen molar-refractivity contribution in [2.45, 2.75) is 37.8 Å². The zero-order valence-electron chi connectivity index (χ0n) is 18.1. The third-order valence-electron chi connectivity index (χ3n) is 6.26. The van der Waals surface area contributed by atoms with Crippen LogP contribution < -0.4 is 19.9 Å². The SMILES string of the molecule is COc1cc2c(cc1N(C)[C@H]1CCCN[C@H]1c1ccc(F)cc1)N(C)C(=O)CC2.Cl.Cl. The van der Waals surface area contributed by atoms with Gasteiger partial charge in [0.2, 0.25) is 5.91 Å². The van der Waals surface area contributed by atoms with Gasteiger partial charge in [-0.2, -0.15) is 0 Å². The van der Waals surface area contributed by atoms with Crippen molar-refractivity contribution in [1.82, 2.24) is 5.32 Å². The molecule has 2 atom stereocenters. The Bertz CT molecular complexity index is 910. The summed E-state index contributed by atoms with van der Waals surface area (Å²) < 4.78 is 19.1. The predicted octanol–water partition coefficient (Wildman–Crippen LogP) is 4.52. The second-order valence-corrected chi connectivity index (χ2v) is 7.91. The second kappa shape index (κ2) is 10.5. The molecule has 2 aromatic carbocycles. The highest BCUT2D eigenvalue weighted by molar-refractivity contribution is 5.97. The molecule has 0 spiro atoms. The Kier molecular flexibility index (Phi) is 8.57. The summed E-state index contributed by atoms with van der Waals surface area (Å²) in [6.07, 6.45) is 3.35. The van der Waals surface area contributed by atoms with Crippen molar-refractivity contribution in [2.24, 2.45) is 0 Å². The number of nitrogens with one attached hydrogen (secondary N) is 1. The molecule has 4 rings (SSSR count). The van der Waals surface area contributed by atoms with E-state index in [1.807, 2.05) is 19.2 Å². The Morgan fingerprint density at radius 3 is 2.55 bits per heavy atom. The zero-order valence-corrected chi connectivity index (χ0v) is 19.7. The molecule has 2 aliphatic rings. The van der Waals surface area contributed by atoms with Crippen LogP contribution in [0.4, 0.5) is 15.8 Å². The standard InChI is InChI=1S/C23H28FN3O2.2ClH/c1-26(18-5-4-12-25-23(18)15-6-9-17(24)10-7-15)20-14-19-16(13-21(20)29-3)8-11-22(28)27(19)2;;/h6-7,9-10,13-14,18,23,25H,4-5,8,11-12H2,1-3H3;2*1H/t18-,23-;;/m0../s1. The molecule has 0 bridgehead atoms. The minimum Gasteiger partial charge on any atom is -0.495 e.